The lowest BCUT2D eigenvalue weighted by Gasteiger charge is -2.21. The van der Waals surface area contributed by atoms with Gasteiger partial charge < -0.3 is 26.6 Å². The van der Waals surface area contributed by atoms with Gasteiger partial charge in [-0.15, -0.1) is 0 Å². The molecule has 6 N–H and O–H groups in total. The second-order valence-electron chi connectivity index (χ2n) is 4.84. The molecule has 0 heterocycles. The molecule has 0 saturated heterocycles. The van der Waals surface area contributed by atoms with Crippen molar-refractivity contribution in [1.82, 2.24) is 10.6 Å². The average Bonchev–Trinajstić information content (AvgIpc) is 2.44. The average molecular weight is 303 g/mol. The van der Waals surface area contributed by atoms with Gasteiger partial charge in [0.1, 0.15) is 18.2 Å². The smallest absolute Gasteiger partial charge is 0.325 e. The monoisotopic (exact) mass is 303 g/mol. The van der Waals surface area contributed by atoms with Crippen LogP contribution < -0.4 is 16.4 Å². The largest absolute Gasteiger partial charge is 0.480 e. The fourth-order valence-electron chi connectivity index (χ4n) is 1.59. The van der Waals surface area contributed by atoms with E-state index in [1.54, 1.807) is 6.92 Å². The van der Waals surface area contributed by atoms with Gasteiger partial charge in [-0.05, 0) is 39.2 Å². The number of hydrogen-bond acceptors (Lipinski definition) is 5. The van der Waals surface area contributed by atoms with Crippen molar-refractivity contribution in [1.29, 1.82) is 0 Å². The standard InChI is InChI=1S/C13H25N3O5/c1-3-10(17)12(19)16-9(6-4-5-7-14)11(18)15-8(2)13(20)21/h8-10,17H,3-7,14H2,1-2H3,(H,15,18)(H,16,19)(H,20,21)/t8-,9-,10?/m0/s1. The highest BCUT2D eigenvalue weighted by Crippen LogP contribution is 2.03. The summed E-state index contributed by atoms with van der Waals surface area (Å²) < 4.78 is 0. The second-order valence-corrected chi connectivity index (χ2v) is 4.84. The number of aliphatic hydroxyl groups excluding tert-OH is 1. The Hall–Kier alpha value is -1.67. The molecule has 0 rings (SSSR count). The van der Waals surface area contributed by atoms with Crippen LogP contribution in [0.1, 0.15) is 39.5 Å². The zero-order valence-corrected chi connectivity index (χ0v) is 12.5. The van der Waals surface area contributed by atoms with Crippen molar-refractivity contribution in [2.24, 2.45) is 5.73 Å². The van der Waals surface area contributed by atoms with E-state index < -0.39 is 36.0 Å². The van der Waals surface area contributed by atoms with Gasteiger partial charge in [0.15, 0.2) is 0 Å². The summed E-state index contributed by atoms with van der Waals surface area (Å²) in [6, 6.07) is -1.94. The maximum Gasteiger partial charge on any atom is 0.325 e. The molecule has 0 radical (unpaired) electrons. The molecule has 0 bridgehead atoms. The Morgan fingerprint density at radius 2 is 1.76 bits per heavy atom. The van der Waals surface area contributed by atoms with Crippen molar-refractivity contribution in [3.05, 3.63) is 0 Å². The topological polar surface area (TPSA) is 142 Å². The number of carboxylic acids is 1. The van der Waals surface area contributed by atoms with Crippen LogP contribution in [-0.2, 0) is 14.4 Å². The summed E-state index contributed by atoms with van der Waals surface area (Å²) in [4.78, 5) is 34.4. The van der Waals surface area contributed by atoms with Crippen LogP contribution in [0.2, 0.25) is 0 Å². The number of nitrogens with two attached hydrogens (primary N) is 1. The maximum atomic E-state index is 12.0. The first-order valence-corrected chi connectivity index (χ1v) is 7.05. The number of aliphatic hydroxyl groups is 1. The van der Waals surface area contributed by atoms with E-state index in [9.17, 15) is 19.5 Å². The third-order valence-corrected chi connectivity index (χ3v) is 3.00. The molecule has 0 aliphatic rings. The zero-order valence-electron chi connectivity index (χ0n) is 12.5. The van der Waals surface area contributed by atoms with Crippen LogP contribution in [-0.4, -0.2) is 52.7 Å². The highest BCUT2D eigenvalue weighted by Gasteiger charge is 2.25. The van der Waals surface area contributed by atoms with Crippen LogP contribution >= 0.6 is 0 Å². The van der Waals surface area contributed by atoms with Gasteiger partial charge in [-0.25, -0.2) is 0 Å². The molecule has 8 nitrogen and oxygen atoms in total. The molecule has 3 atom stereocenters. The Kier molecular flexibility index (Phi) is 9.31. The SMILES string of the molecule is CCC(O)C(=O)N[C@@H](CCCCN)C(=O)N[C@@H](C)C(=O)O. The quantitative estimate of drug-likeness (QED) is 0.326. The lowest BCUT2D eigenvalue weighted by Crippen LogP contribution is -2.52. The van der Waals surface area contributed by atoms with Crippen molar-refractivity contribution in [2.45, 2.75) is 57.7 Å². The van der Waals surface area contributed by atoms with Gasteiger partial charge in [0.05, 0.1) is 0 Å². The molecule has 8 heteroatoms. The first-order chi connectivity index (χ1) is 9.83. The number of nitrogens with one attached hydrogen (secondary N) is 2. The summed E-state index contributed by atoms with van der Waals surface area (Å²) in [5, 5.41) is 23.0. The van der Waals surface area contributed by atoms with Crippen molar-refractivity contribution in [3.63, 3.8) is 0 Å². The lowest BCUT2D eigenvalue weighted by atomic mass is 10.1. The molecule has 21 heavy (non-hydrogen) atoms. The minimum Gasteiger partial charge on any atom is -0.480 e. The molecule has 0 aromatic rings. The van der Waals surface area contributed by atoms with Gasteiger partial charge in [0, 0.05) is 0 Å². The third-order valence-electron chi connectivity index (χ3n) is 3.00. The summed E-state index contributed by atoms with van der Waals surface area (Å²) in [6.45, 7) is 3.44. The molecule has 122 valence electrons. The van der Waals surface area contributed by atoms with Crippen LogP contribution in [0.3, 0.4) is 0 Å². The van der Waals surface area contributed by atoms with Crippen molar-refractivity contribution in [2.75, 3.05) is 6.54 Å². The van der Waals surface area contributed by atoms with Crippen LogP contribution in [0.4, 0.5) is 0 Å². The molecule has 0 aliphatic heterocycles. The minimum absolute atomic E-state index is 0.231. The molecule has 1 unspecified atom stereocenters. The summed E-state index contributed by atoms with van der Waals surface area (Å²) in [5.41, 5.74) is 5.38. The Morgan fingerprint density at radius 3 is 2.24 bits per heavy atom. The van der Waals surface area contributed by atoms with E-state index in [2.05, 4.69) is 10.6 Å². The van der Waals surface area contributed by atoms with Crippen LogP contribution in [0, 0.1) is 0 Å². The minimum atomic E-state index is -1.19. The van der Waals surface area contributed by atoms with Gasteiger partial charge in [-0.1, -0.05) is 6.92 Å². The Morgan fingerprint density at radius 1 is 1.14 bits per heavy atom. The van der Waals surface area contributed by atoms with E-state index in [1.165, 1.54) is 6.92 Å². The van der Waals surface area contributed by atoms with Gasteiger partial charge in [-0.3, -0.25) is 14.4 Å². The predicted octanol–water partition coefficient (Wildman–Crippen LogP) is -1.04. The maximum absolute atomic E-state index is 12.0. The van der Waals surface area contributed by atoms with Gasteiger partial charge >= 0.3 is 5.97 Å². The summed E-state index contributed by atoms with van der Waals surface area (Å²) >= 11 is 0. The fraction of sp³-hybridized carbons (Fsp3) is 0.769. The molecule has 0 fully saturated rings. The number of carbonyl (C=O) groups excluding carboxylic acids is 2. The predicted molar refractivity (Wildman–Crippen MR) is 76.4 cm³/mol. The molecule has 0 aromatic carbocycles. The fourth-order valence-corrected chi connectivity index (χ4v) is 1.59. The Labute approximate surface area is 124 Å². The molecule has 0 aromatic heterocycles. The molecule has 0 aliphatic carbocycles. The number of aliphatic carboxylic acids is 1. The van der Waals surface area contributed by atoms with E-state index in [1.807, 2.05) is 0 Å². The molecule has 0 saturated carbocycles. The van der Waals surface area contributed by atoms with Gasteiger partial charge in [0.25, 0.3) is 0 Å². The lowest BCUT2D eigenvalue weighted by molar-refractivity contribution is -0.142. The highest BCUT2D eigenvalue weighted by atomic mass is 16.4. The Balaban J connectivity index is 4.67. The van der Waals surface area contributed by atoms with Crippen molar-refractivity contribution >= 4 is 17.8 Å². The van der Waals surface area contributed by atoms with Gasteiger partial charge in [-0.2, -0.15) is 0 Å². The third kappa shape index (κ3) is 7.62. The Bertz CT molecular complexity index is 362. The van der Waals surface area contributed by atoms with Crippen LogP contribution in [0.25, 0.3) is 0 Å². The van der Waals surface area contributed by atoms with E-state index in [4.69, 9.17) is 10.8 Å². The van der Waals surface area contributed by atoms with E-state index >= 15 is 0 Å². The number of amides is 2. The first kappa shape index (κ1) is 19.3. The number of carboxylic acid groups (broad SMARTS) is 1. The van der Waals surface area contributed by atoms with E-state index in [0.29, 0.717) is 25.8 Å². The van der Waals surface area contributed by atoms with E-state index in [0.717, 1.165) is 0 Å². The van der Waals surface area contributed by atoms with Crippen LogP contribution in [0.5, 0.6) is 0 Å². The normalized spacial score (nSPS) is 14.9. The molecular formula is C13H25N3O5. The summed E-state index contributed by atoms with van der Waals surface area (Å²) in [6.07, 6.45) is 0.668. The van der Waals surface area contributed by atoms with Crippen molar-refractivity contribution in [3.8, 4) is 0 Å². The first-order valence-electron chi connectivity index (χ1n) is 7.05. The van der Waals surface area contributed by atoms with Gasteiger partial charge in [0.2, 0.25) is 11.8 Å². The van der Waals surface area contributed by atoms with E-state index in [-0.39, 0.29) is 6.42 Å². The number of unbranched alkanes of at least 4 members (excludes halogenated alkanes) is 1. The number of rotatable bonds is 10. The number of carbonyl (C=O) groups is 3. The molecule has 0 spiro atoms. The highest BCUT2D eigenvalue weighted by molar-refractivity contribution is 5.91. The molecule has 2 amide bonds. The van der Waals surface area contributed by atoms with Crippen LogP contribution in [0.15, 0.2) is 0 Å². The second kappa shape index (κ2) is 10.1. The molecular weight excluding hydrogens is 278 g/mol. The zero-order chi connectivity index (χ0) is 16.4. The number of hydrogen-bond donors (Lipinski definition) is 5. The summed E-state index contributed by atoms with van der Waals surface area (Å²) in [5.74, 6) is -2.39. The van der Waals surface area contributed by atoms with Crippen molar-refractivity contribution < 1.29 is 24.6 Å². The summed E-state index contributed by atoms with van der Waals surface area (Å²) in [7, 11) is 0.